The normalized spacial score (nSPS) is 11.4. The molecule has 0 radical (unpaired) electrons. The van der Waals surface area contributed by atoms with Crippen LogP contribution >= 0.6 is 0 Å². The first-order chi connectivity index (χ1) is 13.9. The number of carbonyl (C=O) groups excluding carboxylic acids is 1. The molecule has 3 heterocycles. The summed E-state index contributed by atoms with van der Waals surface area (Å²) in [6.45, 7) is 7.73. The van der Waals surface area contributed by atoms with E-state index in [1.54, 1.807) is 41.2 Å². The van der Waals surface area contributed by atoms with E-state index in [0.29, 0.717) is 22.6 Å². The minimum Gasteiger partial charge on any atom is -0.321 e. The molecule has 0 saturated heterocycles. The van der Waals surface area contributed by atoms with Crippen molar-refractivity contribution in [3.63, 3.8) is 0 Å². The van der Waals surface area contributed by atoms with E-state index in [1.807, 2.05) is 38.4 Å². The van der Waals surface area contributed by atoms with Gasteiger partial charge in [-0.3, -0.25) is 4.79 Å². The number of hydrogen-bond donors (Lipinski definition) is 1. The van der Waals surface area contributed by atoms with Crippen molar-refractivity contribution >= 4 is 22.6 Å². The Morgan fingerprint density at radius 1 is 1.14 bits per heavy atom. The zero-order valence-electron chi connectivity index (χ0n) is 16.8. The number of hydrogen-bond acceptors (Lipinski definition) is 3. The first kappa shape index (κ1) is 18.9. The average Bonchev–Trinajstić information content (AvgIpc) is 3.23. The topological polar surface area (TPSA) is 64.7 Å². The molecule has 6 nitrogen and oxygen atoms in total. The second-order valence-corrected chi connectivity index (χ2v) is 7.35. The summed E-state index contributed by atoms with van der Waals surface area (Å²) in [5, 5.41) is 8.09. The third-order valence-electron chi connectivity index (χ3n) is 4.95. The van der Waals surface area contributed by atoms with E-state index < -0.39 is 0 Å². The van der Waals surface area contributed by atoms with E-state index in [0.717, 1.165) is 16.7 Å². The van der Waals surface area contributed by atoms with E-state index in [-0.39, 0.29) is 17.8 Å². The molecule has 0 unspecified atom stereocenters. The van der Waals surface area contributed by atoms with E-state index in [9.17, 15) is 9.18 Å². The Kier molecular flexibility index (Phi) is 4.66. The van der Waals surface area contributed by atoms with Crippen LogP contribution in [0.25, 0.3) is 16.7 Å². The summed E-state index contributed by atoms with van der Waals surface area (Å²) in [5.41, 5.74) is 3.72. The van der Waals surface area contributed by atoms with Crippen LogP contribution in [0.3, 0.4) is 0 Å². The van der Waals surface area contributed by atoms with Gasteiger partial charge >= 0.3 is 0 Å². The molecule has 0 aliphatic rings. The molecule has 0 aliphatic carbocycles. The monoisotopic (exact) mass is 391 g/mol. The molecule has 0 aliphatic heterocycles. The highest BCUT2D eigenvalue weighted by molar-refractivity contribution is 6.06. The Labute approximate surface area is 168 Å². The number of pyridine rings is 1. The van der Waals surface area contributed by atoms with Crippen LogP contribution in [0.15, 0.2) is 48.8 Å². The third kappa shape index (κ3) is 3.29. The molecule has 1 N–H and O–H groups in total. The fraction of sp³-hybridized carbons (Fsp3) is 0.227. The minimum absolute atomic E-state index is 0.198. The number of nitrogens with zero attached hydrogens (tertiary/aromatic N) is 4. The molecule has 3 aromatic heterocycles. The van der Waals surface area contributed by atoms with Gasteiger partial charge in [-0.25, -0.2) is 14.1 Å². The summed E-state index contributed by atoms with van der Waals surface area (Å²) >= 11 is 0. The van der Waals surface area contributed by atoms with Gasteiger partial charge < -0.3 is 9.88 Å². The lowest BCUT2D eigenvalue weighted by Gasteiger charge is -2.11. The molecule has 0 saturated carbocycles. The van der Waals surface area contributed by atoms with Crippen molar-refractivity contribution in [2.75, 3.05) is 5.32 Å². The smallest absolute Gasteiger partial charge is 0.257 e. The van der Waals surface area contributed by atoms with Crippen LogP contribution in [0.5, 0.6) is 0 Å². The van der Waals surface area contributed by atoms with Crippen LogP contribution in [0, 0.1) is 19.7 Å². The predicted molar refractivity (Wildman–Crippen MR) is 111 cm³/mol. The Morgan fingerprint density at radius 3 is 2.62 bits per heavy atom. The van der Waals surface area contributed by atoms with Crippen molar-refractivity contribution in [2.24, 2.45) is 0 Å². The van der Waals surface area contributed by atoms with Gasteiger partial charge in [0.25, 0.3) is 5.91 Å². The Morgan fingerprint density at radius 2 is 1.90 bits per heavy atom. The van der Waals surface area contributed by atoms with Gasteiger partial charge in [-0.15, -0.1) is 0 Å². The number of rotatable bonds is 4. The molecule has 0 fully saturated rings. The lowest BCUT2D eigenvalue weighted by Crippen LogP contribution is -2.13. The van der Waals surface area contributed by atoms with Crippen molar-refractivity contribution in [2.45, 2.75) is 33.7 Å². The van der Waals surface area contributed by atoms with Gasteiger partial charge in [0.2, 0.25) is 0 Å². The SMILES string of the molecule is Cc1cc(C(=O)Nc2cnc3c(cnn3C(C)C)c2)c(C)n1-c1ccccc1F. The Bertz CT molecular complexity index is 1220. The number of para-hydroxylation sites is 1. The number of fused-ring (bicyclic) bond motifs is 1. The van der Waals surface area contributed by atoms with Crippen molar-refractivity contribution in [1.82, 2.24) is 19.3 Å². The molecule has 1 amide bonds. The van der Waals surface area contributed by atoms with Crippen LogP contribution in [-0.4, -0.2) is 25.2 Å². The number of anilines is 1. The van der Waals surface area contributed by atoms with E-state index >= 15 is 0 Å². The highest BCUT2D eigenvalue weighted by atomic mass is 19.1. The summed E-state index contributed by atoms with van der Waals surface area (Å²) in [6.07, 6.45) is 3.36. The lowest BCUT2D eigenvalue weighted by atomic mass is 10.2. The van der Waals surface area contributed by atoms with Gasteiger partial charge in [-0.1, -0.05) is 12.1 Å². The van der Waals surface area contributed by atoms with E-state index in [2.05, 4.69) is 15.4 Å². The summed E-state index contributed by atoms with van der Waals surface area (Å²) < 4.78 is 17.8. The van der Waals surface area contributed by atoms with Gasteiger partial charge in [-0.05, 0) is 52.0 Å². The first-order valence-electron chi connectivity index (χ1n) is 9.45. The predicted octanol–water partition coefficient (Wildman–Crippen LogP) is 4.81. The van der Waals surface area contributed by atoms with Crippen LogP contribution in [0.4, 0.5) is 10.1 Å². The lowest BCUT2D eigenvalue weighted by molar-refractivity contribution is 0.102. The Hall–Kier alpha value is -3.48. The van der Waals surface area contributed by atoms with Crippen LogP contribution in [-0.2, 0) is 0 Å². The second kappa shape index (κ2) is 7.16. The fourth-order valence-electron chi connectivity index (χ4n) is 3.58. The van der Waals surface area contributed by atoms with E-state index in [4.69, 9.17) is 0 Å². The number of halogens is 1. The number of benzene rings is 1. The largest absolute Gasteiger partial charge is 0.321 e. The van der Waals surface area contributed by atoms with Crippen LogP contribution in [0.1, 0.15) is 41.6 Å². The number of carbonyl (C=O) groups is 1. The maximum Gasteiger partial charge on any atom is 0.257 e. The highest BCUT2D eigenvalue weighted by Crippen LogP contribution is 2.24. The molecule has 7 heteroatoms. The van der Waals surface area contributed by atoms with Gasteiger partial charge in [0.05, 0.1) is 29.3 Å². The molecule has 29 heavy (non-hydrogen) atoms. The first-order valence-corrected chi connectivity index (χ1v) is 9.45. The summed E-state index contributed by atoms with van der Waals surface area (Å²) in [4.78, 5) is 17.3. The van der Waals surface area contributed by atoms with Gasteiger partial charge in [0.15, 0.2) is 5.65 Å². The van der Waals surface area contributed by atoms with Crippen molar-refractivity contribution in [3.05, 3.63) is 71.6 Å². The quantitative estimate of drug-likeness (QED) is 0.543. The van der Waals surface area contributed by atoms with Crippen LogP contribution in [0.2, 0.25) is 0 Å². The molecule has 148 valence electrons. The molecule has 0 atom stereocenters. The number of aromatic nitrogens is 4. The molecular formula is C22H22FN5O. The van der Waals surface area contributed by atoms with Crippen molar-refractivity contribution in [3.8, 4) is 5.69 Å². The summed E-state index contributed by atoms with van der Waals surface area (Å²) in [5.74, 6) is -0.601. The highest BCUT2D eigenvalue weighted by Gasteiger charge is 2.19. The fourth-order valence-corrected chi connectivity index (χ4v) is 3.58. The van der Waals surface area contributed by atoms with Gasteiger partial charge in [0, 0.05) is 22.8 Å². The standard InChI is InChI=1S/C22H22FN5O/c1-13(2)28-21-16(11-25-28)10-17(12-24-21)26-22(29)18-9-14(3)27(15(18)4)20-8-6-5-7-19(20)23/h5-13H,1-4H3,(H,26,29). The van der Waals surface area contributed by atoms with Gasteiger partial charge in [0.1, 0.15) is 5.82 Å². The minimum atomic E-state index is -0.335. The van der Waals surface area contributed by atoms with Crippen molar-refractivity contribution in [1.29, 1.82) is 0 Å². The summed E-state index contributed by atoms with van der Waals surface area (Å²) in [7, 11) is 0. The molecule has 0 spiro atoms. The van der Waals surface area contributed by atoms with Crippen LogP contribution < -0.4 is 5.32 Å². The zero-order valence-corrected chi connectivity index (χ0v) is 16.8. The van der Waals surface area contributed by atoms with E-state index in [1.165, 1.54) is 6.07 Å². The second-order valence-electron chi connectivity index (χ2n) is 7.35. The number of nitrogens with one attached hydrogen (secondary N) is 1. The average molecular weight is 391 g/mol. The summed E-state index contributed by atoms with van der Waals surface area (Å²) in [6, 6.07) is 10.3. The maximum atomic E-state index is 14.3. The third-order valence-corrected chi connectivity index (χ3v) is 4.95. The molecule has 1 aromatic carbocycles. The maximum absolute atomic E-state index is 14.3. The molecule has 4 aromatic rings. The number of amides is 1. The molecule has 4 rings (SSSR count). The zero-order chi connectivity index (χ0) is 20.7. The Balaban J connectivity index is 1.65. The molecular weight excluding hydrogens is 369 g/mol. The van der Waals surface area contributed by atoms with Gasteiger partial charge in [-0.2, -0.15) is 5.10 Å². The molecule has 0 bridgehead atoms. The number of aryl methyl sites for hydroxylation is 1. The van der Waals surface area contributed by atoms with Crippen molar-refractivity contribution < 1.29 is 9.18 Å².